The van der Waals surface area contributed by atoms with Crippen LogP contribution in [0.4, 0.5) is 0 Å². The normalized spacial score (nSPS) is 19.0. The zero-order valence-corrected chi connectivity index (χ0v) is 44.4. The number of carboxylic acid groups (broad SMARTS) is 1. The minimum absolute atomic E-state index is 0.0534. The minimum atomic E-state index is -1.91. The molecule has 71 heavy (non-hydrogen) atoms. The van der Waals surface area contributed by atoms with Gasteiger partial charge in [-0.05, 0) is 70.6 Å². The number of carbonyl (C=O) groups is 4. The molecule has 1 aliphatic heterocycles. The third kappa shape index (κ3) is 37.6. The average Bonchev–Trinajstić information content (AvgIpc) is 3.35. The van der Waals surface area contributed by atoms with E-state index in [9.17, 15) is 34.5 Å². The van der Waals surface area contributed by atoms with E-state index in [-0.39, 0.29) is 25.9 Å². The number of aliphatic hydroxyl groups excluding tert-OH is 2. The molecule has 3 N–H and O–H groups in total. The monoisotopic (exact) mass is 999 g/mol. The Morgan fingerprint density at radius 1 is 0.479 bits per heavy atom. The van der Waals surface area contributed by atoms with Crippen LogP contribution < -0.4 is 0 Å². The van der Waals surface area contributed by atoms with E-state index in [1.807, 2.05) is 12.2 Å². The zero-order chi connectivity index (χ0) is 51.8. The van der Waals surface area contributed by atoms with Crippen molar-refractivity contribution < 1.29 is 58.2 Å². The number of esters is 3. The Kier molecular flexibility index (Phi) is 43.3. The van der Waals surface area contributed by atoms with Crippen LogP contribution >= 0.6 is 0 Å². The molecule has 6 unspecified atom stereocenters. The van der Waals surface area contributed by atoms with E-state index in [0.29, 0.717) is 19.3 Å². The van der Waals surface area contributed by atoms with Gasteiger partial charge >= 0.3 is 23.9 Å². The lowest BCUT2D eigenvalue weighted by molar-refractivity contribution is -0.301. The molecule has 1 rings (SSSR count). The van der Waals surface area contributed by atoms with Crippen molar-refractivity contribution in [3.63, 3.8) is 0 Å². The number of ether oxygens (including phenoxy) is 5. The summed E-state index contributed by atoms with van der Waals surface area (Å²) in [6.07, 6.45) is 46.1. The predicted molar refractivity (Wildman–Crippen MR) is 285 cm³/mol. The van der Waals surface area contributed by atoms with E-state index >= 15 is 0 Å². The van der Waals surface area contributed by atoms with Crippen LogP contribution in [0, 0.1) is 0 Å². The molecule has 0 amide bonds. The van der Waals surface area contributed by atoms with Gasteiger partial charge in [-0.25, -0.2) is 4.79 Å². The third-order valence-electron chi connectivity index (χ3n) is 12.3. The predicted octanol–water partition coefficient (Wildman–Crippen LogP) is 13.8. The topological polar surface area (TPSA) is 175 Å². The van der Waals surface area contributed by atoms with Crippen molar-refractivity contribution in [1.82, 2.24) is 0 Å². The second-order valence-corrected chi connectivity index (χ2v) is 18.8. The molecular weight excluding hydrogens is 901 g/mol. The lowest BCUT2D eigenvalue weighted by Gasteiger charge is -2.40. The molecule has 1 aliphatic rings. The van der Waals surface area contributed by atoms with Gasteiger partial charge in [0.2, 0.25) is 0 Å². The van der Waals surface area contributed by atoms with E-state index in [4.69, 9.17) is 23.7 Å². The van der Waals surface area contributed by atoms with Gasteiger partial charge in [0.05, 0.1) is 6.61 Å². The maximum atomic E-state index is 13.1. The van der Waals surface area contributed by atoms with Crippen LogP contribution in [0.3, 0.4) is 0 Å². The van der Waals surface area contributed by atoms with E-state index in [1.54, 1.807) is 0 Å². The van der Waals surface area contributed by atoms with Crippen LogP contribution in [0.1, 0.15) is 226 Å². The van der Waals surface area contributed by atoms with Crippen LogP contribution in [0.2, 0.25) is 0 Å². The van der Waals surface area contributed by atoms with Crippen LogP contribution in [-0.2, 0) is 42.9 Å². The van der Waals surface area contributed by atoms with E-state index < -0.39 is 67.3 Å². The number of aliphatic hydroxyl groups is 2. The van der Waals surface area contributed by atoms with Crippen LogP contribution in [0.25, 0.3) is 0 Å². The molecule has 0 saturated carbocycles. The summed E-state index contributed by atoms with van der Waals surface area (Å²) >= 11 is 0. The average molecular weight is 999 g/mol. The molecule has 12 nitrogen and oxygen atoms in total. The molecule has 406 valence electrons. The van der Waals surface area contributed by atoms with E-state index in [1.165, 1.54) is 64.2 Å². The molecule has 0 aromatic rings. The summed E-state index contributed by atoms with van der Waals surface area (Å²) in [5.74, 6) is -3.24. The maximum absolute atomic E-state index is 13.1. The van der Waals surface area contributed by atoms with Crippen LogP contribution in [-0.4, -0.2) is 89.2 Å². The number of carboxylic acids is 1. The van der Waals surface area contributed by atoms with Crippen molar-refractivity contribution >= 4 is 23.9 Å². The Hall–Kier alpha value is -3.84. The smallest absolute Gasteiger partial charge is 0.335 e. The van der Waals surface area contributed by atoms with Crippen LogP contribution in [0.5, 0.6) is 0 Å². The Morgan fingerprint density at radius 3 is 1.46 bits per heavy atom. The van der Waals surface area contributed by atoms with Crippen LogP contribution in [0.15, 0.2) is 72.9 Å². The number of hydrogen-bond donors (Lipinski definition) is 3. The summed E-state index contributed by atoms with van der Waals surface area (Å²) in [6.45, 7) is 5.72. The van der Waals surface area contributed by atoms with Gasteiger partial charge in [0.1, 0.15) is 18.8 Å². The number of aliphatic carboxylic acids is 1. The number of allylic oxidation sites excluding steroid dienone is 12. The first-order chi connectivity index (χ1) is 34.6. The van der Waals surface area contributed by atoms with Crippen molar-refractivity contribution in [3.8, 4) is 0 Å². The van der Waals surface area contributed by atoms with Crippen molar-refractivity contribution in [2.45, 2.75) is 263 Å². The summed E-state index contributed by atoms with van der Waals surface area (Å²) in [4.78, 5) is 50.9. The first-order valence-corrected chi connectivity index (χ1v) is 27.9. The summed E-state index contributed by atoms with van der Waals surface area (Å²) in [6, 6.07) is 0. The second kappa shape index (κ2) is 47.2. The van der Waals surface area contributed by atoms with Gasteiger partial charge in [0.25, 0.3) is 0 Å². The van der Waals surface area contributed by atoms with Crippen molar-refractivity contribution in [1.29, 1.82) is 0 Å². The SMILES string of the molecule is CC/C=C\C/C=C\C/C=C\C/C=C\CCC(=O)OCC(COC1OC(C(=O)O)C(O)C(O)C1OC(=O)CCCCCCCCCCCCCCCCC)OC(=O)CCCCCCC/C=C\C/C=C\CCC. The van der Waals surface area contributed by atoms with Gasteiger partial charge in [-0.2, -0.15) is 0 Å². The number of rotatable bonds is 46. The lowest BCUT2D eigenvalue weighted by Crippen LogP contribution is -2.61. The molecule has 1 heterocycles. The molecule has 1 saturated heterocycles. The van der Waals surface area contributed by atoms with Gasteiger partial charge < -0.3 is 39.0 Å². The molecule has 1 fully saturated rings. The molecule has 0 aliphatic carbocycles. The van der Waals surface area contributed by atoms with Crippen molar-refractivity contribution in [3.05, 3.63) is 72.9 Å². The first-order valence-electron chi connectivity index (χ1n) is 27.9. The summed E-state index contributed by atoms with van der Waals surface area (Å²) in [5, 5.41) is 31.4. The highest BCUT2D eigenvalue weighted by Crippen LogP contribution is 2.26. The quantitative estimate of drug-likeness (QED) is 0.0228. The fourth-order valence-electron chi connectivity index (χ4n) is 8.01. The van der Waals surface area contributed by atoms with Crippen molar-refractivity contribution in [2.24, 2.45) is 0 Å². The van der Waals surface area contributed by atoms with E-state index in [2.05, 4.69) is 81.5 Å². The van der Waals surface area contributed by atoms with Crippen molar-refractivity contribution in [2.75, 3.05) is 13.2 Å². The fourth-order valence-corrected chi connectivity index (χ4v) is 8.01. The standard InChI is InChI=1S/C59H98O12/c1-4-7-10-13-16-19-22-25-26-29-32-35-38-41-44-47-53(62)70-57-55(64)54(63)56(58(65)66)71-59(57)68-49-50(69-52(61)46-43-40-37-34-31-28-24-21-18-15-12-9-6-3)48-67-51(60)45-42-39-36-33-30-27-23-20-17-14-11-8-5-2/h8,11-12,15,17,20-21,24,27,30,36,39,50,54-57,59,63-64H,4-7,9-10,13-14,16,18-19,22-23,25-26,28-29,31-35,37-38,40-49H2,1-3H3,(H,65,66)/b11-8-,15-12-,20-17-,24-21-,30-27-,39-36-. The first kappa shape index (κ1) is 65.2. The highest BCUT2D eigenvalue weighted by molar-refractivity contribution is 5.74. The minimum Gasteiger partial charge on any atom is -0.479 e. The fraction of sp³-hybridized carbons (Fsp3) is 0.729. The molecule has 0 bridgehead atoms. The van der Waals surface area contributed by atoms with E-state index in [0.717, 1.165) is 103 Å². The molecule has 12 heteroatoms. The molecule has 0 aromatic heterocycles. The lowest BCUT2D eigenvalue weighted by atomic mass is 9.98. The highest BCUT2D eigenvalue weighted by atomic mass is 16.7. The second-order valence-electron chi connectivity index (χ2n) is 18.8. The molecular formula is C59H98O12. The Morgan fingerprint density at radius 2 is 0.944 bits per heavy atom. The summed E-state index contributed by atoms with van der Waals surface area (Å²) in [7, 11) is 0. The Bertz CT molecular complexity index is 1510. The number of hydrogen-bond acceptors (Lipinski definition) is 11. The van der Waals surface area contributed by atoms with Gasteiger partial charge in [0.15, 0.2) is 24.6 Å². The van der Waals surface area contributed by atoms with Gasteiger partial charge in [-0.15, -0.1) is 0 Å². The van der Waals surface area contributed by atoms with Gasteiger partial charge in [0, 0.05) is 19.3 Å². The molecule has 0 aromatic carbocycles. The zero-order valence-electron chi connectivity index (χ0n) is 44.4. The molecule has 0 radical (unpaired) electrons. The van der Waals surface area contributed by atoms with Gasteiger partial charge in [-0.3, -0.25) is 14.4 Å². The number of unbranched alkanes of at least 4 members (excludes halogenated alkanes) is 20. The number of carbonyl (C=O) groups excluding carboxylic acids is 3. The Balaban J connectivity index is 2.75. The summed E-state index contributed by atoms with van der Waals surface area (Å²) in [5.41, 5.74) is 0. The Labute approximate surface area is 429 Å². The largest absolute Gasteiger partial charge is 0.479 e. The third-order valence-corrected chi connectivity index (χ3v) is 12.3. The maximum Gasteiger partial charge on any atom is 0.335 e. The highest BCUT2D eigenvalue weighted by Gasteiger charge is 2.50. The molecule has 6 atom stereocenters. The molecule has 0 spiro atoms. The van der Waals surface area contributed by atoms with Gasteiger partial charge in [-0.1, -0.05) is 209 Å². The summed E-state index contributed by atoms with van der Waals surface area (Å²) < 4.78 is 28.3.